The van der Waals surface area contributed by atoms with E-state index in [2.05, 4.69) is 19.1 Å². The molecule has 1 aliphatic rings. The second kappa shape index (κ2) is 3.70. The van der Waals surface area contributed by atoms with Gasteiger partial charge in [0.2, 0.25) is 0 Å². The van der Waals surface area contributed by atoms with Crippen LogP contribution in [0, 0.1) is 0 Å². The third-order valence-corrected chi connectivity index (χ3v) is 3.13. The van der Waals surface area contributed by atoms with E-state index in [0.29, 0.717) is 0 Å². The van der Waals surface area contributed by atoms with Crippen molar-refractivity contribution < 1.29 is 9.84 Å². The highest BCUT2D eigenvalue weighted by Gasteiger charge is 2.29. The Morgan fingerprint density at radius 1 is 1.47 bits per heavy atom. The van der Waals surface area contributed by atoms with Crippen LogP contribution in [0.15, 0.2) is 24.3 Å². The van der Waals surface area contributed by atoms with Crippen LogP contribution in [0.4, 0.5) is 0 Å². The van der Waals surface area contributed by atoms with E-state index in [9.17, 15) is 5.11 Å². The van der Waals surface area contributed by atoms with Gasteiger partial charge in [-0.15, -0.1) is 0 Å². The van der Waals surface area contributed by atoms with Crippen molar-refractivity contribution in [1.82, 2.24) is 0 Å². The van der Waals surface area contributed by atoms with Crippen LogP contribution in [0.5, 0.6) is 5.75 Å². The molecule has 1 atom stereocenters. The average Bonchev–Trinajstić information content (AvgIpc) is 2.29. The molecule has 2 rings (SSSR count). The second-order valence-corrected chi connectivity index (χ2v) is 4.28. The summed E-state index contributed by atoms with van der Waals surface area (Å²) in [6.45, 7) is 2.24. The smallest absolute Gasteiger partial charge is 0.119 e. The Labute approximate surface area is 90.2 Å². The highest BCUT2D eigenvalue weighted by atomic mass is 16.5. The number of ether oxygens (including phenoxy) is 1. The summed E-state index contributed by atoms with van der Waals surface area (Å²) in [4.78, 5) is 0. The summed E-state index contributed by atoms with van der Waals surface area (Å²) in [5.41, 5.74) is 2.18. The maximum Gasteiger partial charge on any atom is 0.119 e. The Morgan fingerprint density at radius 2 is 2.27 bits per heavy atom. The van der Waals surface area contributed by atoms with Crippen LogP contribution in [-0.4, -0.2) is 18.8 Å². The molecule has 0 radical (unpaired) electrons. The fourth-order valence-electron chi connectivity index (χ4n) is 2.04. The van der Waals surface area contributed by atoms with Crippen LogP contribution < -0.4 is 4.74 Å². The summed E-state index contributed by atoms with van der Waals surface area (Å²) in [5.74, 6) is 0.851. The maximum atomic E-state index is 9.49. The molecule has 0 fully saturated rings. The lowest BCUT2D eigenvalue weighted by Gasteiger charge is -2.31. The summed E-state index contributed by atoms with van der Waals surface area (Å²) in [6.07, 6.45) is 5.10. The van der Waals surface area contributed by atoms with Crippen LogP contribution >= 0.6 is 0 Å². The van der Waals surface area contributed by atoms with Gasteiger partial charge in [-0.1, -0.05) is 25.1 Å². The minimum absolute atomic E-state index is 0.164. The minimum Gasteiger partial charge on any atom is -0.497 e. The monoisotopic (exact) mass is 204 g/mol. The molecule has 0 unspecified atom stereocenters. The molecule has 1 aliphatic carbocycles. The number of methoxy groups -OCH3 is 1. The molecule has 1 N–H and O–H groups in total. The Kier molecular flexibility index (Phi) is 2.53. The van der Waals surface area contributed by atoms with Crippen molar-refractivity contribution in [2.75, 3.05) is 13.7 Å². The van der Waals surface area contributed by atoms with E-state index in [-0.39, 0.29) is 12.0 Å². The van der Waals surface area contributed by atoms with Gasteiger partial charge < -0.3 is 9.84 Å². The van der Waals surface area contributed by atoms with Gasteiger partial charge in [0, 0.05) is 5.41 Å². The van der Waals surface area contributed by atoms with Gasteiger partial charge in [-0.25, -0.2) is 0 Å². The van der Waals surface area contributed by atoms with Gasteiger partial charge >= 0.3 is 0 Å². The van der Waals surface area contributed by atoms with Crippen molar-refractivity contribution in [3.8, 4) is 5.75 Å². The highest BCUT2D eigenvalue weighted by molar-refractivity contribution is 5.61. The van der Waals surface area contributed by atoms with E-state index < -0.39 is 0 Å². The molecule has 0 aromatic heterocycles. The summed E-state index contributed by atoms with van der Waals surface area (Å²) in [6, 6.07) is 6.01. The van der Waals surface area contributed by atoms with Crippen molar-refractivity contribution in [3.05, 3.63) is 35.4 Å². The molecule has 2 nitrogen and oxygen atoms in total. The van der Waals surface area contributed by atoms with Crippen LogP contribution in [-0.2, 0) is 5.41 Å². The molecule has 0 bridgehead atoms. The Bertz CT molecular complexity index is 396. The third kappa shape index (κ3) is 1.65. The van der Waals surface area contributed by atoms with E-state index >= 15 is 0 Å². The van der Waals surface area contributed by atoms with Crippen molar-refractivity contribution in [3.63, 3.8) is 0 Å². The van der Waals surface area contributed by atoms with Crippen LogP contribution in [0.2, 0.25) is 0 Å². The van der Waals surface area contributed by atoms with E-state index in [0.717, 1.165) is 12.2 Å². The van der Waals surface area contributed by atoms with Gasteiger partial charge in [0.25, 0.3) is 0 Å². The lowest BCUT2D eigenvalue weighted by atomic mass is 9.75. The predicted octanol–water partition coefficient (Wildman–Crippen LogP) is 2.36. The Balaban J connectivity index is 2.54. The van der Waals surface area contributed by atoms with E-state index in [1.807, 2.05) is 18.2 Å². The van der Waals surface area contributed by atoms with Gasteiger partial charge in [-0.2, -0.15) is 0 Å². The van der Waals surface area contributed by atoms with Gasteiger partial charge in [-0.3, -0.25) is 0 Å². The second-order valence-electron chi connectivity index (χ2n) is 4.28. The Morgan fingerprint density at radius 3 is 2.93 bits per heavy atom. The molecule has 1 aromatic carbocycles. The van der Waals surface area contributed by atoms with E-state index in [1.165, 1.54) is 11.1 Å². The molecule has 0 heterocycles. The number of aliphatic hydroxyl groups excluding tert-OH is 1. The molecule has 80 valence electrons. The van der Waals surface area contributed by atoms with Crippen molar-refractivity contribution >= 4 is 6.08 Å². The lowest BCUT2D eigenvalue weighted by molar-refractivity contribution is 0.205. The largest absolute Gasteiger partial charge is 0.497 e. The lowest BCUT2D eigenvalue weighted by Crippen LogP contribution is -2.28. The van der Waals surface area contributed by atoms with Gasteiger partial charge in [-0.05, 0) is 29.7 Å². The fraction of sp³-hybridized carbons (Fsp3) is 0.385. The topological polar surface area (TPSA) is 29.5 Å². The predicted molar refractivity (Wildman–Crippen MR) is 61.1 cm³/mol. The van der Waals surface area contributed by atoms with E-state index in [1.54, 1.807) is 7.11 Å². The summed E-state index contributed by atoms with van der Waals surface area (Å²) in [5, 5.41) is 9.49. The SMILES string of the molecule is COc1ccc2c(c1)[C@@](C)(CO)CC=C2. The van der Waals surface area contributed by atoms with Crippen molar-refractivity contribution in [1.29, 1.82) is 0 Å². The molecule has 0 amide bonds. The molecule has 0 saturated carbocycles. The number of rotatable bonds is 2. The molecule has 15 heavy (non-hydrogen) atoms. The molecule has 0 spiro atoms. The summed E-state index contributed by atoms with van der Waals surface area (Å²) >= 11 is 0. The number of fused-ring (bicyclic) bond motifs is 1. The number of allylic oxidation sites excluding steroid dienone is 1. The van der Waals surface area contributed by atoms with Gasteiger partial charge in [0.05, 0.1) is 13.7 Å². The maximum absolute atomic E-state index is 9.49. The number of aliphatic hydroxyl groups is 1. The third-order valence-electron chi connectivity index (χ3n) is 3.13. The molecule has 2 heteroatoms. The van der Waals surface area contributed by atoms with Gasteiger partial charge in [0.1, 0.15) is 5.75 Å². The first kappa shape index (κ1) is 10.2. The molecule has 0 saturated heterocycles. The number of benzene rings is 1. The summed E-state index contributed by atoms with van der Waals surface area (Å²) < 4.78 is 5.21. The number of hydrogen-bond donors (Lipinski definition) is 1. The molecule has 1 aromatic rings. The van der Waals surface area contributed by atoms with Gasteiger partial charge in [0.15, 0.2) is 0 Å². The average molecular weight is 204 g/mol. The van der Waals surface area contributed by atoms with Crippen molar-refractivity contribution in [2.45, 2.75) is 18.8 Å². The molecule has 0 aliphatic heterocycles. The standard InChI is InChI=1S/C13H16O2/c1-13(9-14)7-3-4-10-5-6-11(15-2)8-12(10)13/h3-6,8,14H,7,9H2,1-2H3/t13-/m1/s1. The fourth-order valence-corrected chi connectivity index (χ4v) is 2.04. The minimum atomic E-state index is -0.168. The first-order valence-corrected chi connectivity index (χ1v) is 5.15. The van der Waals surface area contributed by atoms with Crippen molar-refractivity contribution in [2.24, 2.45) is 0 Å². The zero-order valence-corrected chi connectivity index (χ0v) is 9.16. The molecular formula is C13H16O2. The zero-order chi connectivity index (χ0) is 10.9. The number of hydrogen-bond acceptors (Lipinski definition) is 2. The highest BCUT2D eigenvalue weighted by Crippen LogP contribution is 2.36. The first-order chi connectivity index (χ1) is 7.19. The Hall–Kier alpha value is -1.28. The van der Waals surface area contributed by atoms with E-state index in [4.69, 9.17) is 4.74 Å². The molecular weight excluding hydrogens is 188 g/mol. The van der Waals surface area contributed by atoms with Crippen LogP contribution in [0.25, 0.3) is 6.08 Å². The zero-order valence-electron chi connectivity index (χ0n) is 9.16. The quantitative estimate of drug-likeness (QED) is 0.801. The van der Waals surface area contributed by atoms with Crippen LogP contribution in [0.3, 0.4) is 0 Å². The summed E-state index contributed by atoms with van der Waals surface area (Å²) in [7, 11) is 1.66. The normalized spacial score (nSPS) is 23.7. The van der Waals surface area contributed by atoms with Crippen LogP contribution in [0.1, 0.15) is 24.5 Å². The first-order valence-electron chi connectivity index (χ1n) is 5.15.